The zero-order valence-corrected chi connectivity index (χ0v) is 14.2. The number of carbonyl (C=O) groups excluding carboxylic acids is 1. The van der Waals surface area contributed by atoms with Crippen molar-refractivity contribution in [2.45, 2.75) is 6.92 Å². The van der Waals surface area contributed by atoms with E-state index in [1.807, 2.05) is 17.4 Å². The third kappa shape index (κ3) is 3.01. The van der Waals surface area contributed by atoms with Crippen molar-refractivity contribution in [3.8, 4) is 11.3 Å². The van der Waals surface area contributed by atoms with E-state index >= 15 is 0 Å². The van der Waals surface area contributed by atoms with Crippen molar-refractivity contribution in [2.75, 3.05) is 5.32 Å². The van der Waals surface area contributed by atoms with Crippen molar-refractivity contribution >= 4 is 23.1 Å². The molecular formula is C18H14N6O3. The molecule has 27 heavy (non-hydrogen) atoms. The van der Waals surface area contributed by atoms with Gasteiger partial charge in [0.2, 0.25) is 5.95 Å². The van der Waals surface area contributed by atoms with Crippen molar-refractivity contribution in [3.05, 3.63) is 76.5 Å². The molecule has 9 heteroatoms. The maximum absolute atomic E-state index is 12.6. The molecule has 3 aromatic heterocycles. The first-order valence-corrected chi connectivity index (χ1v) is 8.06. The maximum atomic E-state index is 12.6. The van der Waals surface area contributed by atoms with E-state index in [4.69, 9.17) is 0 Å². The Balaban J connectivity index is 1.55. The average Bonchev–Trinajstić information content (AvgIpc) is 3.31. The molecule has 0 spiro atoms. The predicted octanol–water partition coefficient (Wildman–Crippen LogP) is 3.19. The standard InChI is InChI=1S/C18H14N6O3/c1-11-15(7-6-14-8-19-10-23(11)14)17(25)22-18-20-9-16(21-18)12-2-4-13(5-3-12)24(26)27/h2-10H,1H3,(H2,20,21,22,25). The van der Waals surface area contributed by atoms with Gasteiger partial charge in [-0.25, -0.2) is 9.97 Å². The second-order valence-corrected chi connectivity index (χ2v) is 5.92. The number of fused-ring (bicyclic) bond motifs is 1. The Morgan fingerprint density at radius 2 is 1.96 bits per heavy atom. The lowest BCUT2D eigenvalue weighted by atomic mass is 10.1. The molecule has 4 rings (SSSR count). The van der Waals surface area contributed by atoms with Gasteiger partial charge < -0.3 is 9.38 Å². The normalized spacial score (nSPS) is 10.9. The highest BCUT2D eigenvalue weighted by molar-refractivity contribution is 6.04. The van der Waals surface area contributed by atoms with Gasteiger partial charge in [-0.3, -0.25) is 20.2 Å². The fourth-order valence-electron chi connectivity index (χ4n) is 2.84. The topological polar surface area (TPSA) is 118 Å². The number of rotatable bonds is 4. The molecule has 0 radical (unpaired) electrons. The summed E-state index contributed by atoms with van der Waals surface area (Å²) in [5.41, 5.74) is 3.56. The number of aryl methyl sites for hydroxylation is 1. The monoisotopic (exact) mass is 362 g/mol. The van der Waals surface area contributed by atoms with E-state index in [9.17, 15) is 14.9 Å². The highest BCUT2D eigenvalue weighted by Gasteiger charge is 2.14. The van der Waals surface area contributed by atoms with Crippen LogP contribution in [0.4, 0.5) is 11.6 Å². The zero-order chi connectivity index (χ0) is 19.0. The fraction of sp³-hybridized carbons (Fsp3) is 0.0556. The smallest absolute Gasteiger partial charge is 0.269 e. The van der Waals surface area contributed by atoms with E-state index in [-0.39, 0.29) is 11.6 Å². The molecule has 3 heterocycles. The van der Waals surface area contributed by atoms with Gasteiger partial charge in [-0.1, -0.05) is 0 Å². The van der Waals surface area contributed by atoms with Crippen LogP contribution in [0.3, 0.4) is 0 Å². The Bertz CT molecular complexity index is 1160. The number of anilines is 1. The zero-order valence-electron chi connectivity index (χ0n) is 14.2. The van der Waals surface area contributed by atoms with Crippen LogP contribution in [0, 0.1) is 17.0 Å². The first kappa shape index (κ1) is 16.5. The molecule has 4 aromatic rings. The number of imidazole rings is 2. The third-order valence-electron chi connectivity index (χ3n) is 4.28. The van der Waals surface area contributed by atoms with Gasteiger partial charge in [0, 0.05) is 23.4 Å². The molecule has 9 nitrogen and oxygen atoms in total. The van der Waals surface area contributed by atoms with Crippen LogP contribution in [0.1, 0.15) is 16.1 Å². The Morgan fingerprint density at radius 3 is 2.70 bits per heavy atom. The summed E-state index contributed by atoms with van der Waals surface area (Å²) in [6.07, 6.45) is 4.93. The molecule has 1 aromatic carbocycles. The number of H-pyrrole nitrogens is 1. The van der Waals surface area contributed by atoms with E-state index < -0.39 is 4.92 Å². The van der Waals surface area contributed by atoms with Gasteiger partial charge in [0.25, 0.3) is 11.6 Å². The summed E-state index contributed by atoms with van der Waals surface area (Å²) in [6.45, 7) is 1.84. The van der Waals surface area contributed by atoms with Gasteiger partial charge in [-0.15, -0.1) is 0 Å². The van der Waals surface area contributed by atoms with Crippen LogP contribution < -0.4 is 5.32 Å². The minimum absolute atomic E-state index is 0.0113. The van der Waals surface area contributed by atoms with Crippen LogP contribution in [0.5, 0.6) is 0 Å². The quantitative estimate of drug-likeness (QED) is 0.427. The molecule has 2 N–H and O–H groups in total. The van der Waals surface area contributed by atoms with Crippen LogP contribution in [-0.2, 0) is 0 Å². The second-order valence-electron chi connectivity index (χ2n) is 5.92. The molecule has 0 aliphatic carbocycles. The van der Waals surface area contributed by atoms with Crippen LogP contribution in [0.15, 0.2) is 55.1 Å². The number of benzene rings is 1. The summed E-state index contributed by atoms with van der Waals surface area (Å²) in [5, 5.41) is 13.5. The van der Waals surface area contributed by atoms with E-state index in [2.05, 4.69) is 20.3 Å². The summed E-state index contributed by atoms with van der Waals surface area (Å²) in [4.78, 5) is 34.1. The first-order chi connectivity index (χ1) is 13.0. The number of amides is 1. The molecule has 0 saturated carbocycles. The van der Waals surface area contributed by atoms with Crippen molar-refractivity contribution in [2.24, 2.45) is 0 Å². The Morgan fingerprint density at radius 1 is 1.19 bits per heavy atom. The van der Waals surface area contributed by atoms with Crippen LogP contribution in [-0.4, -0.2) is 30.2 Å². The van der Waals surface area contributed by atoms with Crippen molar-refractivity contribution in [1.29, 1.82) is 0 Å². The molecular weight excluding hydrogens is 348 g/mol. The highest BCUT2D eigenvalue weighted by atomic mass is 16.6. The third-order valence-corrected chi connectivity index (χ3v) is 4.28. The summed E-state index contributed by atoms with van der Waals surface area (Å²) < 4.78 is 1.83. The van der Waals surface area contributed by atoms with Crippen molar-refractivity contribution in [3.63, 3.8) is 0 Å². The van der Waals surface area contributed by atoms with E-state index in [1.54, 1.807) is 36.9 Å². The highest BCUT2D eigenvalue weighted by Crippen LogP contribution is 2.22. The van der Waals surface area contributed by atoms with Gasteiger partial charge in [0.05, 0.1) is 40.4 Å². The number of nitrogens with one attached hydrogen (secondary N) is 2. The lowest BCUT2D eigenvalue weighted by Crippen LogP contribution is -2.15. The molecule has 0 saturated heterocycles. The Hall–Kier alpha value is -4.01. The minimum Gasteiger partial charge on any atom is -0.324 e. The van der Waals surface area contributed by atoms with Crippen LogP contribution in [0.25, 0.3) is 16.8 Å². The number of nitrogens with zero attached hydrogens (tertiary/aromatic N) is 4. The molecule has 0 fully saturated rings. The summed E-state index contributed by atoms with van der Waals surface area (Å²) in [7, 11) is 0. The fourth-order valence-corrected chi connectivity index (χ4v) is 2.84. The second kappa shape index (κ2) is 6.37. The molecule has 1 amide bonds. The number of hydrogen-bond acceptors (Lipinski definition) is 5. The largest absolute Gasteiger partial charge is 0.324 e. The predicted molar refractivity (Wildman–Crippen MR) is 98.6 cm³/mol. The van der Waals surface area contributed by atoms with Gasteiger partial charge in [0.15, 0.2) is 0 Å². The Kier molecular flexibility index (Phi) is 3.88. The van der Waals surface area contributed by atoms with Crippen molar-refractivity contribution < 1.29 is 9.72 Å². The summed E-state index contributed by atoms with van der Waals surface area (Å²) in [5.74, 6) is -0.00817. The lowest BCUT2D eigenvalue weighted by Gasteiger charge is -2.08. The number of aromatic amines is 1. The van der Waals surface area contributed by atoms with Gasteiger partial charge in [-0.2, -0.15) is 0 Å². The SMILES string of the molecule is Cc1c(C(=O)Nc2ncc(-c3ccc([N+](=O)[O-])cc3)[nH]2)ccc2cncn12. The molecule has 0 aliphatic heterocycles. The number of non-ortho nitro benzene ring substituents is 1. The van der Waals surface area contributed by atoms with E-state index in [0.717, 1.165) is 16.8 Å². The minimum atomic E-state index is -0.457. The van der Waals surface area contributed by atoms with Gasteiger partial charge in [0.1, 0.15) is 0 Å². The van der Waals surface area contributed by atoms with Gasteiger partial charge >= 0.3 is 0 Å². The number of carbonyl (C=O) groups is 1. The molecule has 0 atom stereocenters. The van der Waals surface area contributed by atoms with Crippen LogP contribution >= 0.6 is 0 Å². The molecule has 0 bridgehead atoms. The number of nitro benzene ring substituents is 1. The lowest BCUT2D eigenvalue weighted by molar-refractivity contribution is -0.384. The summed E-state index contributed by atoms with van der Waals surface area (Å²) >= 11 is 0. The molecule has 0 aliphatic rings. The van der Waals surface area contributed by atoms with Crippen molar-refractivity contribution in [1.82, 2.24) is 19.4 Å². The average molecular weight is 362 g/mol. The number of aromatic nitrogens is 4. The van der Waals surface area contributed by atoms with Crippen LogP contribution in [0.2, 0.25) is 0 Å². The maximum Gasteiger partial charge on any atom is 0.269 e. The van der Waals surface area contributed by atoms with E-state index in [0.29, 0.717) is 17.2 Å². The number of hydrogen-bond donors (Lipinski definition) is 2. The van der Waals surface area contributed by atoms with Gasteiger partial charge in [-0.05, 0) is 31.2 Å². The molecule has 134 valence electrons. The van der Waals surface area contributed by atoms with E-state index in [1.165, 1.54) is 12.1 Å². The number of nitro groups is 1. The molecule has 0 unspecified atom stereocenters. The first-order valence-electron chi connectivity index (χ1n) is 8.06. The number of pyridine rings is 1. The Labute approximate surface area is 152 Å². The summed E-state index contributed by atoms with van der Waals surface area (Å²) in [6, 6.07) is 9.63.